The molecule has 1 aromatic heterocycles. The van der Waals surface area contributed by atoms with Gasteiger partial charge in [-0.05, 0) is 23.8 Å². The van der Waals surface area contributed by atoms with Crippen LogP contribution in [0.2, 0.25) is 0 Å². The number of hydrogen-bond donors (Lipinski definition) is 4. The predicted molar refractivity (Wildman–Crippen MR) is 109 cm³/mol. The van der Waals surface area contributed by atoms with Gasteiger partial charge in [-0.2, -0.15) is 0 Å². The van der Waals surface area contributed by atoms with Crippen molar-refractivity contribution in [2.24, 2.45) is 0 Å². The summed E-state index contributed by atoms with van der Waals surface area (Å²) < 4.78 is 6.01. The molecule has 0 aliphatic carbocycles. The third-order valence-corrected chi connectivity index (χ3v) is 8.19. The summed E-state index contributed by atoms with van der Waals surface area (Å²) in [5, 5.41) is 40.3. The molecule has 1 aromatic carbocycles. The smallest absolute Gasteiger partial charge is 0.169 e. The van der Waals surface area contributed by atoms with Gasteiger partial charge >= 0.3 is 0 Å². The Morgan fingerprint density at radius 2 is 1.93 bits per heavy atom. The van der Waals surface area contributed by atoms with Crippen molar-refractivity contribution in [3.05, 3.63) is 56.8 Å². The van der Waals surface area contributed by atoms with E-state index in [1.54, 1.807) is 11.3 Å². The topological polar surface area (TPSA) is 90.2 Å². The Morgan fingerprint density at radius 3 is 2.61 bits per heavy atom. The number of aliphatic hydroxyl groups excluding tert-OH is 4. The normalized spacial score (nSPS) is 32.1. The van der Waals surface area contributed by atoms with Gasteiger partial charge in [0.1, 0.15) is 12.2 Å². The molecule has 0 radical (unpaired) electrons. The molecule has 148 valence electrons. The molecule has 2 unspecified atom stereocenters. The lowest BCUT2D eigenvalue weighted by Gasteiger charge is -2.49. The molecule has 0 saturated carbocycles. The van der Waals surface area contributed by atoms with E-state index in [0.717, 1.165) is 39.3 Å². The zero-order valence-corrected chi connectivity index (χ0v) is 16.7. The average Bonchev–Trinajstić information content (AvgIpc) is 3.13. The third-order valence-electron chi connectivity index (χ3n) is 5.33. The van der Waals surface area contributed by atoms with E-state index < -0.39 is 28.5 Å². The number of ether oxygens (including phenoxy) is 1. The average molecular weight is 419 g/mol. The van der Waals surface area contributed by atoms with Crippen LogP contribution in [-0.2, 0) is 22.5 Å². The number of hydrogen-bond acceptors (Lipinski definition) is 7. The highest BCUT2D eigenvalue weighted by Gasteiger charge is 2.56. The summed E-state index contributed by atoms with van der Waals surface area (Å²) in [6.07, 6.45) is 2.99. The molecule has 2 aliphatic heterocycles. The first-order valence-corrected chi connectivity index (χ1v) is 10.8. The Hall–Kier alpha value is -1.37. The summed E-state index contributed by atoms with van der Waals surface area (Å²) in [5.41, 5.74) is 2.81. The molecule has 5 nitrogen and oxygen atoms in total. The highest BCUT2D eigenvalue weighted by atomic mass is 32.2. The molecule has 7 heteroatoms. The summed E-state index contributed by atoms with van der Waals surface area (Å²) in [6.45, 7) is 0.101. The molecule has 2 aromatic rings. The first kappa shape index (κ1) is 19.9. The molecule has 1 saturated heterocycles. The van der Waals surface area contributed by atoms with Gasteiger partial charge in [0.15, 0.2) is 4.93 Å². The van der Waals surface area contributed by atoms with Gasteiger partial charge in [-0.15, -0.1) is 29.5 Å². The number of benzene rings is 1. The highest BCUT2D eigenvalue weighted by Crippen LogP contribution is 2.53. The van der Waals surface area contributed by atoms with Crippen LogP contribution < -0.4 is 0 Å². The summed E-state index contributed by atoms with van der Waals surface area (Å²) in [4.78, 5) is 1.05. The lowest BCUT2D eigenvalue weighted by Crippen LogP contribution is -2.60. The zero-order chi connectivity index (χ0) is 19.9. The fraction of sp³-hybridized carbons (Fsp3) is 0.429. The van der Waals surface area contributed by atoms with E-state index in [2.05, 4.69) is 5.92 Å². The third kappa shape index (κ3) is 3.29. The maximum Gasteiger partial charge on any atom is 0.169 e. The van der Waals surface area contributed by atoms with Crippen LogP contribution >= 0.6 is 23.1 Å². The molecule has 0 amide bonds. The molecule has 1 spiro atoms. The van der Waals surface area contributed by atoms with Crippen LogP contribution in [-0.4, -0.2) is 57.2 Å². The van der Waals surface area contributed by atoms with Gasteiger partial charge in [-0.25, -0.2) is 0 Å². The predicted octanol–water partition coefficient (Wildman–Crippen LogP) is 1.24. The van der Waals surface area contributed by atoms with Gasteiger partial charge < -0.3 is 25.2 Å². The van der Waals surface area contributed by atoms with E-state index in [4.69, 9.17) is 11.2 Å². The van der Waals surface area contributed by atoms with Crippen molar-refractivity contribution >= 4 is 23.1 Å². The summed E-state index contributed by atoms with van der Waals surface area (Å²) >= 11 is 2.86. The van der Waals surface area contributed by atoms with Gasteiger partial charge in [-0.3, -0.25) is 0 Å². The van der Waals surface area contributed by atoms with Gasteiger partial charge in [0.2, 0.25) is 0 Å². The number of rotatable bonds is 3. The van der Waals surface area contributed by atoms with Crippen LogP contribution in [0.1, 0.15) is 26.4 Å². The molecule has 28 heavy (non-hydrogen) atoms. The lowest BCUT2D eigenvalue weighted by molar-refractivity contribution is -0.155. The van der Waals surface area contributed by atoms with E-state index in [-0.39, 0.29) is 6.61 Å². The van der Waals surface area contributed by atoms with Crippen molar-refractivity contribution in [1.29, 1.82) is 0 Å². The van der Waals surface area contributed by atoms with E-state index in [1.807, 2.05) is 30.3 Å². The Morgan fingerprint density at radius 1 is 1.18 bits per heavy atom. The van der Waals surface area contributed by atoms with Crippen LogP contribution in [0.25, 0.3) is 0 Å². The second-order valence-corrected chi connectivity index (χ2v) is 9.77. The van der Waals surface area contributed by atoms with Crippen molar-refractivity contribution in [3.8, 4) is 12.3 Å². The van der Waals surface area contributed by atoms with E-state index in [1.165, 1.54) is 11.8 Å². The van der Waals surface area contributed by atoms with Crippen LogP contribution in [0.5, 0.6) is 0 Å². The van der Waals surface area contributed by atoms with Gasteiger partial charge in [-0.1, -0.05) is 18.1 Å². The number of fused-ring (bicyclic) bond motifs is 2. The molecule has 1 fully saturated rings. The molecular weight excluding hydrogens is 396 g/mol. The molecule has 4 rings (SSSR count). The quantitative estimate of drug-likeness (QED) is 0.561. The number of aliphatic hydroxyl groups is 4. The minimum Gasteiger partial charge on any atom is -0.395 e. The first-order chi connectivity index (χ1) is 13.5. The van der Waals surface area contributed by atoms with Gasteiger partial charge in [0.25, 0.3) is 0 Å². The second-order valence-electron chi connectivity index (χ2n) is 7.10. The second kappa shape index (κ2) is 7.81. The summed E-state index contributed by atoms with van der Waals surface area (Å²) in [5.74, 6) is 2.61. The lowest BCUT2D eigenvalue weighted by atomic mass is 9.92. The van der Waals surface area contributed by atoms with Crippen molar-refractivity contribution < 1.29 is 25.2 Å². The maximum atomic E-state index is 10.8. The van der Waals surface area contributed by atoms with Gasteiger partial charge in [0, 0.05) is 33.7 Å². The van der Waals surface area contributed by atoms with Crippen molar-refractivity contribution in [3.63, 3.8) is 0 Å². The minimum atomic E-state index is -1.39. The fourth-order valence-corrected chi connectivity index (χ4v) is 6.69. The Bertz CT molecular complexity index is 885. The largest absolute Gasteiger partial charge is 0.395 e. The first-order valence-electron chi connectivity index (χ1n) is 9.13. The molecule has 3 heterocycles. The van der Waals surface area contributed by atoms with Crippen molar-refractivity contribution in [2.45, 2.75) is 41.3 Å². The van der Waals surface area contributed by atoms with Crippen molar-refractivity contribution in [1.82, 2.24) is 0 Å². The SMILES string of the molecule is C#Cc1ccc(Cc2cc3c(s2)CCO[C@]32SC(CO)[C@@H](O)C(O)[C@H]2O)cc1. The summed E-state index contributed by atoms with van der Waals surface area (Å²) in [7, 11) is 0. The van der Waals surface area contributed by atoms with Gasteiger partial charge in [0.05, 0.1) is 24.6 Å². The minimum absolute atomic E-state index is 0.311. The Balaban J connectivity index is 1.67. The van der Waals surface area contributed by atoms with E-state index >= 15 is 0 Å². The monoisotopic (exact) mass is 418 g/mol. The molecule has 4 N–H and O–H groups in total. The Labute approximate surface area is 172 Å². The van der Waals surface area contributed by atoms with Crippen LogP contribution in [0.15, 0.2) is 30.3 Å². The number of thioether (sulfide) groups is 1. The van der Waals surface area contributed by atoms with Crippen molar-refractivity contribution in [2.75, 3.05) is 13.2 Å². The van der Waals surface area contributed by atoms with Crippen LogP contribution in [0, 0.1) is 12.3 Å². The van der Waals surface area contributed by atoms with E-state index in [9.17, 15) is 20.4 Å². The van der Waals surface area contributed by atoms with Crippen LogP contribution in [0.4, 0.5) is 0 Å². The standard InChI is InChI=1S/C21H22O5S2/c1-2-12-3-5-13(6-4-12)9-14-10-15-16(27-14)7-8-26-21(15)20(25)19(24)18(23)17(11-22)28-21/h1,3-6,10,17-20,22-25H,7-9,11H2/t17?,18-,19?,20-,21+/m1/s1. The fourth-order valence-electron chi connectivity index (χ4n) is 3.83. The van der Waals surface area contributed by atoms with E-state index in [0.29, 0.717) is 6.61 Å². The molecule has 0 bridgehead atoms. The maximum absolute atomic E-state index is 10.8. The molecule has 2 aliphatic rings. The zero-order valence-electron chi connectivity index (χ0n) is 15.1. The summed E-state index contributed by atoms with van der Waals surface area (Å²) in [6, 6.07) is 9.86. The molecular formula is C21H22O5S2. The highest BCUT2D eigenvalue weighted by molar-refractivity contribution is 8.00. The number of terminal acetylenes is 1. The molecule has 5 atom stereocenters. The van der Waals surface area contributed by atoms with Crippen LogP contribution in [0.3, 0.4) is 0 Å². The Kier molecular flexibility index (Phi) is 5.55. The number of thiophene rings is 1.